The molecular formula is C25H24N4O3S. The monoisotopic (exact) mass is 460 g/mol. The van der Waals surface area contributed by atoms with Gasteiger partial charge in [-0.15, -0.1) is 0 Å². The molecule has 4 aromatic rings. The zero-order chi connectivity index (χ0) is 22.8. The summed E-state index contributed by atoms with van der Waals surface area (Å²) < 4.78 is 15.4. The zero-order valence-electron chi connectivity index (χ0n) is 18.5. The molecule has 7 nitrogen and oxygen atoms in total. The maximum absolute atomic E-state index is 12.7. The molecule has 0 bridgehead atoms. The molecule has 1 fully saturated rings. The molecule has 0 radical (unpaired) electrons. The lowest BCUT2D eigenvalue weighted by molar-refractivity contribution is 0.0747. The van der Waals surface area contributed by atoms with Crippen LogP contribution < -0.4 is 14.4 Å². The summed E-state index contributed by atoms with van der Waals surface area (Å²) >= 11 is 1.46. The van der Waals surface area contributed by atoms with E-state index in [9.17, 15) is 4.79 Å². The quantitative estimate of drug-likeness (QED) is 0.441. The van der Waals surface area contributed by atoms with Crippen LogP contribution in [0.2, 0.25) is 0 Å². The number of carbonyl (C=O) groups excluding carboxylic acids is 1. The average Bonchev–Trinajstić information content (AvgIpc) is 3.31. The van der Waals surface area contributed by atoms with Crippen LogP contribution in [-0.2, 0) is 0 Å². The second-order valence-electron chi connectivity index (χ2n) is 7.79. The highest BCUT2D eigenvalue weighted by molar-refractivity contribution is 7.11. The fourth-order valence-electron chi connectivity index (χ4n) is 4.08. The van der Waals surface area contributed by atoms with Crippen molar-refractivity contribution in [3.63, 3.8) is 0 Å². The number of pyridine rings is 1. The summed E-state index contributed by atoms with van der Waals surface area (Å²) in [5.74, 6) is 1.45. The third-order valence-corrected chi connectivity index (χ3v) is 6.80. The normalized spacial score (nSPS) is 13.9. The average molecular weight is 461 g/mol. The minimum absolute atomic E-state index is 0.0853. The Morgan fingerprint density at radius 3 is 2.39 bits per heavy atom. The number of nitrogens with zero attached hydrogens (tertiary/aromatic N) is 4. The first kappa shape index (κ1) is 21.2. The summed E-state index contributed by atoms with van der Waals surface area (Å²) in [5, 5.41) is 1.05. The van der Waals surface area contributed by atoms with Gasteiger partial charge in [-0.25, -0.2) is 0 Å². The van der Waals surface area contributed by atoms with Crippen molar-refractivity contribution in [3.05, 3.63) is 66.4 Å². The number of benzene rings is 2. The number of aromatic nitrogens is 2. The number of rotatable bonds is 5. The Hall–Kier alpha value is -3.65. The second kappa shape index (κ2) is 9.07. The molecule has 0 N–H and O–H groups in total. The summed E-state index contributed by atoms with van der Waals surface area (Å²) in [4.78, 5) is 21.7. The van der Waals surface area contributed by atoms with Crippen LogP contribution in [0.25, 0.3) is 22.2 Å². The van der Waals surface area contributed by atoms with Crippen LogP contribution in [0.3, 0.4) is 0 Å². The Bertz CT molecular complexity index is 1280. The second-order valence-corrected chi connectivity index (χ2v) is 8.55. The Balaban J connectivity index is 1.33. The van der Waals surface area contributed by atoms with E-state index >= 15 is 0 Å². The molecule has 1 saturated heterocycles. The number of carbonyl (C=O) groups is 1. The van der Waals surface area contributed by atoms with Gasteiger partial charge in [0.1, 0.15) is 16.0 Å². The number of methoxy groups -OCH3 is 2. The van der Waals surface area contributed by atoms with Crippen molar-refractivity contribution in [3.8, 4) is 22.6 Å². The third-order valence-electron chi connectivity index (χ3n) is 5.89. The van der Waals surface area contributed by atoms with E-state index in [4.69, 9.17) is 14.5 Å². The molecule has 168 valence electrons. The largest absolute Gasteiger partial charge is 0.493 e. The van der Waals surface area contributed by atoms with Crippen molar-refractivity contribution >= 4 is 33.5 Å². The number of ether oxygens (including phenoxy) is 2. The molecule has 5 rings (SSSR count). The molecule has 0 aliphatic carbocycles. The molecule has 1 aliphatic heterocycles. The van der Waals surface area contributed by atoms with E-state index < -0.39 is 0 Å². The fraction of sp³-hybridized carbons (Fsp3) is 0.240. The van der Waals surface area contributed by atoms with Gasteiger partial charge in [-0.1, -0.05) is 24.3 Å². The highest BCUT2D eigenvalue weighted by Gasteiger charge is 2.25. The maximum Gasteiger partial charge on any atom is 0.253 e. The lowest BCUT2D eigenvalue weighted by Gasteiger charge is -2.35. The lowest BCUT2D eigenvalue weighted by Crippen LogP contribution is -2.48. The number of anilines is 1. The predicted octanol–water partition coefficient (Wildman–Crippen LogP) is 4.34. The van der Waals surface area contributed by atoms with Crippen LogP contribution in [0.5, 0.6) is 11.5 Å². The summed E-state index contributed by atoms with van der Waals surface area (Å²) in [6.45, 7) is 2.87. The highest BCUT2D eigenvalue weighted by atomic mass is 32.1. The number of fused-ring (bicyclic) bond motifs is 1. The maximum atomic E-state index is 12.7. The molecule has 0 atom stereocenters. The standard InChI is InChI=1S/C25H24N4O3S/c1-31-21-9-8-18(15-22(21)32-2)19-14-20-23(26-16-19)25(33-27-20)29-12-10-28(11-13-29)24(30)17-6-4-3-5-7-17/h3-9,14-16H,10-13H2,1-2H3. The first-order chi connectivity index (χ1) is 16.2. The first-order valence-electron chi connectivity index (χ1n) is 10.7. The molecule has 2 aromatic carbocycles. The predicted molar refractivity (Wildman–Crippen MR) is 131 cm³/mol. The van der Waals surface area contributed by atoms with Crippen LogP contribution in [-0.4, -0.2) is 60.6 Å². The molecule has 3 heterocycles. The van der Waals surface area contributed by atoms with Gasteiger partial charge >= 0.3 is 0 Å². The minimum Gasteiger partial charge on any atom is -0.493 e. The van der Waals surface area contributed by atoms with E-state index in [1.54, 1.807) is 14.2 Å². The van der Waals surface area contributed by atoms with Gasteiger partial charge in [-0.3, -0.25) is 9.78 Å². The first-order valence-corrected chi connectivity index (χ1v) is 11.5. The van der Waals surface area contributed by atoms with Crippen molar-refractivity contribution < 1.29 is 14.3 Å². The van der Waals surface area contributed by atoms with E-state index in [0.717, 1.165) is 45.8 Å². The Morgan fingerprint density at radius 1 is 0.909 bits per heavy atom. The summed E-state index contributed by atoms with van der Waals surface area (Å²) in [7, 11) is 3.25. The summed E-state index contributed by atoms with van der Waals surface area (Å²) in [6, 6.07) is 17.3. The molecule has 33 heavy (non-hydrogen) atoms. The molecule has 0 unspecified atom stereocenters. The van der Waals surface area contributed by atoms with E-state index in [-0.39, 0.29) is 5.91 Å². The molecule has 0 spiro atoms. The van der Waals surface area contributed by atoms with Gasteiger partial charge in [0.05, 0.1) is 14.2 Å². The van der Waals surface area contributed by atoms with Gasteiger partial charge in [-0.2, -0.15) is 4.37 Å². The Kier molecular flexibility index (Phi) is 5.83. The molecule has 2 aromatic heterocycles. The van der Waals surface area contributed by atoms with Gasteiger partial charge in [0, 0.05) is 43.5 Å². The Morgan fingerprint density at radius 2 is 1.67 bits per heavy atom. The van der Waals surface area contributed by atoms with E-state index in [0.29, 0.717) is 24.6 Å². The van der Waals surface area contributed by atoms with Crippen LogP contribution in [0, 0.1) is 0 Å². The highest BCUT2D eigenvalue weighted by Crippen LogP contribution is 2.35. The van der Waals surface area contributed by atoms with Gasteiger partial charge in [0.15, 0.2) is 11.5 Å². The fourth-order valence-corrected chi connectivity index (χ4v) is 4.95. The molecular weight excluding hydrogens is 436 g/mol. The van der Waals surface area contributed by atoms with Crippen molar-refractivity contribution in [2.24, 2.45) is 0 Å². The van der Waals surface area contributed by atoms with Crippen LogP contribution >= 0.6 is 11.5 Å². The van der Waals surface area contributed by atoms with Gasteiger partial charge in [0.2, 0.25) is 0 Å². The van der Waals surface area contributed by atoms with Crippen molar-refractivity contribution in [2.75, 3.05) is 45.3 Å². The van der Waals surface area contributed by atoms with E-state index in [2.05, 4.69) is 15.3 Å². The zero-order valence-corrected chi connectivity index (χ0v) is 19.3. The van der Waals surface area contributed by atoms with Gasteiger partial charge < -0.3 is 19.3 Å². The van der Waals surface area contributed by atoms with Gasteiger partial charge in [0.25, 0.3) is 5.91 Å². The van der Waals surface area contributed by atoms with Crippen molar-refractivity contribution in [2.45, 2.75) is 0 Å². The third kappa shape index (κ3) is 4.09. The summed E-state index contributed by atoms with van der Waals surface area (Å²) in [5.41, 5.74) is 4.46. The van der Waals surface area contributed by atoms with Crippen molar-refractivity contribution in [1.29, 1.82) is 0 Å². The smallest absolute Gasteiger partial charge is 0.253 e. The molecule has 8 heteroatoms. The minimum atomic E-state index is 0.0853. The van der Waals surface area contributed by atoms with Crippen LogP contribution in [0.4, 0.5) is 5.00 Å². The van der Waals surface area contributed by atoms with Gasteiger partial charge in [-0.05, 0) is 47.4 Å². The van der Waals surface area contributed by atoms with E-state index in [1.807, 2.05) is 59.6 Å². The van der Waals surface area contributed by atoms with Crippen LogP contribution in [0.1, 0.15) is 10.4 Å². The number of piperazine rings is 1. The summed E-state index contributed by atoms with van der Waals surface area (Å²) in [6.07, 6.45) is 1.87. The Labute approximate surface area is 196 Å². The number of hydrogen-bond donors (Lipinski definition) is 0. The SMILES string of the molecule is COc1ccc(-c2cnc3c(N4CCN(C(=O)c5ccccc5)CC4)snc3c2)cc1OC. The lowest BCUT2D eigenvalue weighted by atomic mass is 10.1. The van der Waals surface area contributed by atoms with Crippen molar-refractivity contribution in [1.82, 2.24) is 14.3 Å². The van der Waals surface area contributed by atoms with E-state index in [1.165, 1.54) is 11.5 Å². The van der Waals surface area contributed by atoms with Crippen LogP contribution in [0.15, 0.2) is 60.8 Å². The topological polar surface area (TPSA) is 67.8 Å². The molecule has 0 saturated carbocycles. The molecule has 1 aliphatic rings. The molecule has 1 amide bonds. The number of amides is 1. The number of hydrogen-bond acceptors (Lipinski definition) is 7.